The Morgan fingerprint density at radius 2 is 1.90 bits per heavy atom. The van der Waals surface area contributed by atoms with Crippen LogP contribution >= 0.6 is 0 Å². The van der Waals surface area contributed by atoms with Gasteiger partial charge >= 0.3 is 0 Å². The van der Waals surface area contributed by atoms with Gasteiger partial charge in [0, 0.05) is 31.5 Å². The molecule has 3 N–H and O–H groups in total. The van der Waals surface area contributed by atoms with Gasteiger partial charge in [0.15, 0.2) is 0 Å². The van der Waals surface area contributed by atoms with Crippen LogP contribution in [-0.2, 0) is 0 Å². The Morgan fingerprint density at radius 3 is 2.52 bits per heavy atom. The van der Waals surface area contributed by atoms with Crippen LogP contribution in [0.2, 0.25) is 0 Å². The number of rotatable bonds is 7. The number of aliphatic hydroxyl groups excluding tert-OH is 1. The summed E-state index contributed by atoms with van der Waals surface area (Å²) in [6.07, 6.45) is 7.20. The molecule has 0 spiro atoms. The molecule has 0 bridgehead atoms. The summed E-state index contributed by atoms with van der Waals surface area (Å²) in [7, 11) is 0. The third-order valence-electron chi connectivity index (χ3n) is 3.08. The first-order chi connectivity index (χ1) is 10.3. The first-order valence-electron chi connectivity index (χ1n) is 6.93. The van der Waals surface area contributed by atoms with Crippen LogP contribution in [0.1, 0.15) is 11.3 Å². The van der Waals surface area contributed by atoms with Crippen molar-refractivity contribution in [2.24, 2.45) is 5.73 Å². The van der Waals surface area contributed by atoms with Crippen molar-refractivity contribution in [3.8, 4) is 0 Å². The molecule has 2 rings (SSSR count). The highest BCUT2D eigenvalue weighted by molar-refractivity contribution is 5.68. The molecular formula is C16H20N4O. The van der Waals surface area contributed by atoms with E-state index in [2.05, 4.69) is 14.9 Å². The van der Waals surface area contributed by atoms with Gasteiger partial charge in [0.25, 0.3) is 0 Å². The van der Waals surface area contributed by atoms with E-state index in [4.69, 9.17) is 10.8 Å². The third kappa shape index (κ3) is 4.66. The van der Waals surface area contributed by atoms with Gasteiger partial charge in [-0.2, -0.15) is 0 Å². The lowest BCUT2D eigenvalue weighted by Gasteiger charge is -2.23. The Balaban J connectivity index is 2.06. The molecule has 0 aliphatic rings. The van der Waals surface area contributed by atoms with E-state index in [0.29, 0.717) is 13.1 Å². The zero-order valence-corrected chi connectivity index (χ0v) is 11.9. The fourth-order valence-electron chi connectivity index (χ4n) is 2.02. The van der Waals surface area contributed by atoms with E-state index >= 15 is 0 Å². The fraction of sp³-hybridized carbons (Fsp3) is 0.250. The van der Waals surface area contributed by atoms with E-state index < -0.39 is 0 Å². The van der Waals surface area contributed by atoms with Gasteiger partial charge < -0.3 is 15.7 Å². The minimum Gasteiger partial charge on any atom is -0.395 e. The van der Waals surface area contributed by atoms with Crippen LogP contribution < -0.4 is 10.6 Å². The molecule has 0 aliphatic carbocycles. The Bertz CT molecular complexity index is 548. The van der Waals surface area contributed by atoms with E-state index in [9.17, 15) is 0 Å². The molecule has 0 amide bonds. The summed E-state index contributed by atoms with van der Waals surface area (Å²) in [5, 5.41) is 9.08. The largest absolute Gasteiger partial charge is 0.395 e. The van der Waals surface area contributed by atoms with Gasteiger partial charge in [-0.05, 0) is 29.8 Å². The lowest BCUT2D eigenvalue weighted by atomic mass is 10.1. The zero-order chi connectivity index (χ0) is 14.9. The lowest BCUT2D eigenvalue weighted by molar-refractivity contribution is 0.302. The molecule has 21 heavy (non-hydrogen) atoms. The quantitative estimate of drug-likeness (QED) is 0.804. The maximum Gasteiger partial charge on any atom is 0.115 e. The number of benzene rings is 1. The first-order valence-corrected chi connectivity index (χ1v) is 6.93. The van der Waals surface area contributed by atoms with Crippen molar-refractivity contribution < 1.29 is 5.11 Å². The first kappa shape index (κ1) is 15.2. The minimum absolute atomic E-state index is 0.120. The average molecular weight is 284 g/mol. The van der Waals surface area contributed by atoms with Gasteiger partial charge in [-0.3, -0.25) is 0 Å². The maximum absolute atomic E-state index is 9.08. The topological polar surface area (TPSA) is 75.3 Å². The molecule has 0 saturated heterocycles. The molecule has 0 unspecified atom stereocenters. The van der Waals surface area contributed by atoms with Crippen molar-refractivity contribution in [1.82, 2.24) is 9.97 Å². The molecule has 110 valence electrons. The van der Waals surface area contributed by atoms with Gasteiger partial charge in [-0.15, -0.1) is 0 Å². The van der Waals surface area contributed by atoms with Crippen molar-refractivity contribution in [3.63, 3.8) is 0 Å². The smallest absolute Gasteiger partial charge is 0.115 e. The van der Waals surface area contributed by atoms with Gasteiger partial charge in [-0.1, -0.05) is 18.2 Å². The maximum atomic E-state index is 9.08. The van der Waals surface area contributed by atoms with Gasteiger partial charge in [0.2, 0.25) is 0 Å². The zero-order valence-electron chi connectivity index (χ0n) is 11.9. The number of nitrogens with zero attached hydrogens (tertiary/aromatic N) is 3. The molecule has 0 fully saturated rings. The van der Waals surface area contributed by atoms with Crippen molar-refractivity contribution in [1.29, 1.82) is 0 Å². The Labute approximate surface area is 124 Å². The highest BCUT2D eigenvalue weighted by atomic mass is 16.3. The van der Waals surface area contributed by atoms with Crippen molar-refractivity contribution in [2.45, 2.75) is 0 Å². The molecule has 0 radical (unpaired) electrons. The molecular weight excluding hydrogens is 264 g/mol. The number of anilines is 1. The van der Waals surface area contributed by atoms with Crippen LogP contribution in [0, 0.1) is 0 Å². The molecule has 0 aliphatic heterocycles. The summed E-state index contributed by atoms with van der Waals surface area (Å²) in [5.74, 6) is 0. The standard InChI is InChI=1S/C16H20N4O/c17-8-10-20(11-12-21)16-5-2-14(3-6-16)1-4-15-7-9-18-13-19-15/h1-7,9,13,21H,8,10-12,17H2/b4-1+. The Hall–Kier alpha value is -2.24. The SMILES string of the molecule is NCCN(CCO)c1ccc(/C=C/c2ccncn2)cc1. The molecule has 1 aromatic heterocycles. The number of nitrogens with two attached hydrogens (primary N) is 1. The summed E-state index contributed by atoms with van der Waals surface area (Å²) >= 11 is 0. The second-order valence-electron chi connectivity index (χ2n) is 4.56. The fourth-order valence-corrected chi connectivity index (χ4v) is 2.02. The molecule has 5 heteroatoms. The number of hydrogen-bond donors (Lipinski definition) is 2. The predicted molar refractivity (Wildman–Crippen MR) is 85.8 cm³/mol. The van der Waals surface area contributed by atoms with Crippen molar-refractivity contribution in [2.75, 3.05) is 31.1 Å². The van der Waals surface area contributed by atoms with Gasteiger partial charge in [0.1, 0.15) is 6.33 Å². The second kappa shape index (κ2) is 8.14. The second-order valence-corrected chi connectivity index (χ2v) is 4.56. The summed E-state index contributed by atoms with van der Waals surface area (Å²) in [5.41, 5.74) is 8.62. The van der Waals surface area contributed by atoms with Gasteiger partial charge in [0.05, 0.1) is 12.3 Å². The minimum atomic E-state index is 0.120. The van der Waals surface area contributed by atoms with E-state index in [0.717, 1.165) is 23.5 Å². The number of aromatic nitrogens is 2. The van der Waals surface area contributed by atoms with Crippen LogP contribution in [0.3, 0.4) is 0 Å². The van der Waals surface area contributed by atoms with Crippen LogP contribution in [0.4, 0.5) is 5.69 Å². The summed E-state index contributed by atoms with van der Waals surface area (Å²) in [6.45, 7) is 2.01. The number of aliphatic hydroxyl groups is 1. The van der Waals surface area contributed by atoms with Crippen molar-refractivity contribution >= 4 is 17.8 Å². The number of hydrogen-bond acceptors (Lipinski definition) is 5. The van der Waals surface area contributed by atoms with E-state index in [1.165, 1.54) is 6.33 Å². The lowest BCUT2D eigenvalue weighted by Crippen LogP contribution is -2.31. The highest BCUT2D eigenvalue weighted by Crippen LogP contribution is 2.16. The van der Waals surface area contributed by atoms with Crippen LogP contribution in [0.15, 0.2) is 42.9 Å². The summed E-state index contributed by atoms with van der Waals surface area (Å²) < 4.78 is 0. The molecule has 1 heterocycles. The van der Waals surface area contributed by atoms with E-state index in [1.807, 2.05) is 42.5 Å². The molecule has 2 aromatic rings. The normalized spacial score (nSPS) is 11.0. The molecule has 5 nitrogen and oxygen atoms in total. The van der Waals surface area contributed by atoms with Crippen LogP contribution in [0.25, 0.3) is 12.2 Å². The molecule has 0 atom stereocenters. The average Bonchev–Trinajstić information content (AvgIpc) is 2.54. The predicted octanol–water partition coefficient (Wildman–Crippen LogP) is 1.40. The Kier molecular flexibility index (Phi) is 5.87. The third-order valence-corrected chi connectivity index (χ3v) is 3.08. The molecule has 1 aromatic carbocycles. The van der Waals surface area contributed by atoms with E-state index in [-0.39, 0.29) is 6.61 Å². The monoisotopic (exact) mass is 284 g/mol. The van der Waals surface area contributed by atoms with Crippen molar-refractivity contribution in [3.05, 3.63) is 54.1 Å². The van der Waals surface area contributed by atoms with E-state index in [1.54, 1.807) is 6.20 Å². The van der Waals surface area contributed by atoms with Gasteiger partial charge in [-0.25, -0.2) is 9.97 Å². The van der Waals surface area contributed by atoms with Crippen LogP contribution in [0.5, 0.6) is 0 Å². The van der Waals surface area contributed by atoms with Crippen LogP contribution in [-0.4, -0.2) is 41.3 Å². The summed E-state index contributed by atoms with van der Waals surface area (Å²) in [4.78, 5) is 10.1. The highest BCUT2D eigenvalue weighted by Gasteiger charge is 2.04. The molecule has 0 saturated carbocycles. The summed E-state index contributed by atoms with van der Waals surface area (Å²) in [6, 6.07) is 9.99. The Morgan fingerprint density at radius 1 is 1.10 bits per heavy atom.